The summed E-state index contributed by atoms with van der Waals surface area (Å²) in [6.07, 6.45) is 4.36. The average molecular weight is 396 g/mol. The number of hydrogen-bond acceptors (Lipinski definition) is 4. The molecule has 154 valence electrons. The van der Waals surface area contributed by atoms with Gasteiger partial charge >= 0.3 is 5.97 Å². The van der Waals surface area contributed by atoms with Crippen LogP contribution in [0, 0.1) is 17.8 Å². The van der Waals surface area contributed by atoms with E-state index in [9.17, 15) is 19.8 Å². The van der Waals surface area contributed by atoms with E-state index in [4.69, 9.17) is 0 Å². The van der Waals surface area contributed by atoms with Gasteiger partial charge in [0.15, 0.2) is 5.56 Å². The smallest absolute Gasteiger partial charge is 0.345 e. The van der Waals surface area contributed by atoms with Crippen molar-refractivity contribution in [3.63, 3.8) is 0 Å². The van der Waals surface area contributed by atoms with Crippen molar-refractivity contribution in [1.29, 1.82) is 0 Å². The van der Waals surface area contributed by atoms with Gasteiger partial charge in [0.2, 0.25) is 0 Å². The molecule has 1 aliphatic heterocycles. The van der Waals surface area contributed by atoms with Crippen LogP contribution in [0.1, 0.15) is 49.0 Å². The van der Waals surface area contributed by atoms with Crippen LogP contribution in [0.2, 0.25) is 0 Å². The van der Waals surface area contributed by atoms with Crippen LogP contribution in [-0.2, 0) is 6.42 Å². The number of aromatic carboxylic acids is 1. The highest BCUT2D eigenvalue weighted by Crippen LogP contribution is 2.45. The first kappa shape index (κ1) is 19.6. The number of aromatic hydroxyl groups is 1. The van der Waals surface area contributed by atoms with E-state index in [1.807, 2.05) is 19.1 Å². The molecule has 6 heteroatoms. The standard InChI is InChI=1S/C23H28N2O4/c1-3-13-5-6-15-11-25(12-18(13)15)16-9-7-14(8-10-16)20-17(4-2)21(26)19(23(28)29)22(27)24-20/h7-10,13,15,18H,3-6,11-12H2,1-2H3,(H,28,29)(H2,24,26,27)/t13-,15+,18+/m0/s1. The van der Waals surface area contributed by atoms with E-state index in [2.05, 4.69) is 28.9 Å². The Morgan fingerprint density at radius 3 is 2.52 bits per heavy atom. The SMILES string of the molecule is CCc1c(-c2ccc(N3C[C@H]4CC[C@H](CC)[C@H]4C3)cc2)[nH]c(=O)c(C(=O)O)c1O. The maximum absolute atomic E-state index is 12.2. The second-order valence-electron chi connectivity index (χ2n) is 8.31. The lowest BCUT2D eigenvalue weighted by Gasteiger charge is -2.22. The minimum atomic E-state index is -1.43. The molecule has 1 saturated carbocycles. The van der Waals surface area contributed by atoms with Crippen molar-refractivity contribution in [2.75, 3.05) is 18.0 Å². The molecule has 3 N–H and O–H groups in total. The van der Waals surface area contributed by atoms with Gasteiger partial charge in [-0.05, 0) is 54.7 Å². The van der Waals surface area contributed by atoms with E-state index < -0.39 is 22.8 Å². The Hall–Kier alpha value is -2.76. The van der Waals surface area contributed by atoms with Crippen LogP contribution in [0.25, 0.3) is 11.3 Å². The Labute approximate surface area is 170 Å². The summed E-state index contributed by atoms with van der Waals surface area (Å²) in [5.74, 6) is 0.565. The maximum atomic E-state index is 12.2. The van der Waals surface area contributed by atoms with E-state index in [1.54, 1.807) is 0 Å². The van der Waals surface area contributed by atoms with E-state index in [0.29, 0.717) is 17.7 Å². The fraction of sp³-hybridized carbons (Fsp3) is 0.478. The number of benzene rings is 1. The molecule has 6 nitrogen and oxygen atoms in total. The lowest BCUT2D eigenvalue weighted by molar-refractivity contribution is 0.0691. The van der Waals surface area contributed by atoms with Gasteiger partial charge < -0.3 is 20.1 Å². The van der Waals surface area contributed by atoms with Crippen molar-refractivity contribution in [1.82, 2.24) is 4.98 Å². The van der Waals surface area contributed by atoms with Crippen molar-refractivity contribution in [3.05, 3.63) is 45.7 Å². The summed E-state index contributed by atoms with van der Waals surface area (Å²) in [6, 6.07) is 7.98. The summed E-state index contributed by atoms with van der Waals surface area (Å²) in [7, 11) is 0. The second-order valence-corrected chi connectivity index (χ2v) is 8.31. The molecule has 4 rings (SSSR count). The monoisotopic (exact) mass is 396 g/mol. The molecule has 0 radical (unpaired) electrons. The van der Waals surface area contributed by atoms with Gasteiger partial charge in [-0.2, -0.15) is 0 Å². The van der Waals surface area contributed by atoms with E-state index >= 15 is 0 Å². The predicted molar refractivity (Wildman–Crippen MR) is 113 cm³/mol. The van der Waals surface area contributed by atoms with Gasteiger partial charge in [0, 0.05) is 24.3 Å². The molecule has 1 aromatic carbocycles. The lowest BCUT2D eigenvalue weighted by Crippen LogP contribution is -2.22. The minimum absolute atomic E-state index is 0.411. The van der Waals surface area contributed by atoms with Crippen LogP contribution in [0.4, 0.5) is 5.69 Å². The number of rotatable bonds is 5. The average Bonchev–Trinajstić information content (AvgIpc) is 3.28. The number of nitrogens with zero attached hydrogens (tertiary/aromatic N) is 1. The number of H-pyrrole nitrogens is 1. The molecular formula is C23H28N2O4. The van der Waals surface area contributed by atoms with Crippen molar-refractivity contribution in [2.24, 2.45) is 17.8 Å². The Morgan fingerprint density at radius 1 is 1.17 bits per heavy atom. The molecule has 1 aliphatic carbocycles. The second kappa shape index (κ2) is 7.58. The van der Waals surface area contributed by atoms with Gasteiger partial charge in [-0.25, -0.2) is 4.79 Å². The summed E-state index contributed by atoms with van der Waals surface area (Å²) in [5, 5.41) is 19.5. The molecule has 2 aliphatic rings. The van der Waals surface area contributed by atoms with Crippen molar-refractivity contribution >= 4 is 11.7 Å². The summed E-state index contributed by atoms with van der Waals surface area (Å²) in [6.45, 7) is 6.32. The van der Waals surface area contributed by atoms with Crippen LogP contribution in [0.3, 0.4) is 0 Å². The Kier molecular flexibility index (Phi) is 5.11. The number of hydrogen-bond donors (Lipinski definition) is 3. The topological polar surface area (TPSA) is 93.6 Å². The van der Waals surface area contributed by atoms with Crippen LogP contribution < -0.4 is 10.5 Å². The molecule has 0 amide bonds. The largest absolute Gasteiger partial charge is 0.506 e. The van der Waals surface area contributed by atoms with Crippen LogP contribution >= 0.6 is 0 Å². The number of fused-ring (bicyclic) bond motifs is 1. The quantitative estimate of drug-likeness (QED) is 0.713. The molecule has 0 unspecified atom stereocenters. The third-order valence-electron chi connectivity index (χ3n) is 6.91. The lowest BCUT2D eigenvalue weighted by atomic mass is 9.91. The first-order chi connectivity index (χ1) is 13.9. The zero-order valence-corrected chi connectivity index (χ0v) is 16.9. The number of carboxylic acid groups (broad SMARTS) is 1. The summed E-state index contributed by atoms with van der Waals surface area (Å²) in [5.41, 5.74) is 1.47. The van der Waals surface area contributed by atoms with Crippen molar-refractivity contribution in [3.8, 4) is 17.0 Å². The highest BCUT2D eigenvalue weighted by atomic mass is 16.4. The Balaban J connectivity index is 1.62. The molecule has 2 aromatic rings. The molecular weight excluding hydrogens is 368 g/mol. The molecule has 2 fully saturated rings. The number of carboxylic acids is 1. The van der Waals surface area contributed by atoms with Crippen molar-refractivity contribution < 1.29 is 15.0 Å². The zero-order valence-electron chi connectivity index (χ0n) is 16.9. The van der Waals surface area contributed by atoms with Gasteiger partial charge in [-0.15, -0.1) is 0 Å². The van der Waals surface area contributed by atoms with Crippen LogP contribution in [0.15, 0.2) is 29.1 Å². The fourth-order valence-electron chi connectivity index (χ4n) is 5.35. The fourth-order valence-corrected chi connectivity index (χ4v) is 5.35. The van der Waals surface area contributed by atoms with E-state index in [1.165, 1.54) is 24.9 Å². The Bertz CT molecular complexity index is 980. The summed E-state index contributed by atoms with van der Waals surface area (Å²) >= 11 is 0. The maximum Gasteiger partial charge on any atom is 0.345 e. The number of aromatic amines is 1. The molecule has 1 saturated heterocycles. The van der Waals surface area contributed by atoms with Crippen LogP contribution in [0.5, 0.6) is 5.75 Å². The van der Waals surface area contributed by atoms with Gasteiger partial charge in [-0.1, -0.05) is 32.4 Å². The van der Waals surface area contributed by atoms with Gasteiger partial charge in [0.1, 0.15) is 5.75 Å². The highest BCUT2D eigenvalue weighted by Gasteiger charge is 2.41. The van der Waals surface area contributed by atoms with E-state index in [0.717, 1.165) is 36.4 Å². The normalized spacial score (nSPS) is 23.4. The number of carbonyl (C=O) groups is 1. The molecule has 0 spiro atoms. The van der Waals surface area contributed by atoms with Crippen molar-refractivity contribution in [2.45, 2.75) is 39.5 Å². The molecule has 0 bridgehead atoms. The van der Waals surface area contributed by atoms with Gasteiger partial charge in [0.05, 0.1) is 5.69 Å². The molecule has 2 heterocycles. The number of anilines is 1. The summed E-state index contributed by atoms with van der Waals surface area (Å²) in [4.78, 5) is 28.6. The third kappa shape index (κ3) is 3.30. The molecule has 1 aromatic heterocycles. The van der Waals surface area contributed by atoms with Gasteiger partial charge in [0.25, 0.3) is 5.56 Å². The zero-order chi connectivity index (χ0) is 20.7. The van der Waals surface area contributed by atoms with E-state index in [-0.39, 0.29) is 0 Å². The molecule has 3 atom stereocenters. The minimum Gasteiger partial charge on any atom is -0.506 e. The summed E-state index contributed by atoms with van der Waals surface area (Å²) < 4.78 is 0. The number of pyridine rings is 1. The number of aromatic nitrogens is 1. The van der Waals surface area contributed by atoms with Crippen LogP contribution in [-0.4, -0.2) is 34.3 Å². The first-order valence-corrected chi connectivity index (χ1v) is 10.5. The highest BCUT2D eigenvalue weighted by molar-refractivity contribution is 5.92. The number of nitrogens with one attached hydrogen (secondary N) is 1. The first-order valence-electron chi connectivity index (χ1n) is 10.5. The van der Waals surface area contributed by atoms with Gasteiger partial charge in [-0.3, -0.25) is 4.79 Å². The predicted octanol–water partition coefficient (Wildman–Crippen LogP) is 3.88. The molecule has 29 heavy (non-hydrogen) atoms. The third-order valence-corrected chi connectivity index (χ3v) is 6.91. The Morgan fingerprint density at radius 2 is 1.90 bits per heavy atom.